The summed E-state index contributed by atoms with van der Waals surface area (Å²) in [4.78, 5) is 42.9. The van der Waals surface area contributed by atoms with Gasteiger partial charge in [-0.15, -0.1) is 0 Å². The molecule has 1 fully saturated rings. The molecule has 0 radical (unpaired) electrons. The van der Waals surface area contributed by atoms with Crippen molar-refractivity contribution in [1.29, 1.82) is 0 Å². The zero-order valence-electron chi connectivity index (χ0n) is 25.7. The lowest BCUT2D eigenvalue weighted by Gasteiger charge is -2.31. The predicted octanol–water partition coefficient (Wildman–Crippen LogP) is 4.57. The van der Waals surface area contributed by atoms with Gasteiger partial charge in [0.2, 0.25) is 14.3 Å². The first-order valence-electron chi connectivity index (χ1n) is 14.8. The molecule has 1 N–H and O–H groups in total. The number of nitrogens with zero attached hydrogens (tertiary/aromatic N) is 2. The lowest BCUT2D eigenvalue weighted by Crippen LogP contribution is -2.45. The Labute approximate surface area is 254 Å². The second-order valence-electron chi connectivity index (χ2n) is 11.9. The minimum atomic E-state index is -3.48. The Morgan fingerprint density at radius 1 is 1.14 bits per heavy atom. The molecule has 1 saturated heterocycles. The topological polar surface area (TPSA) is 106 Å². The normalized spacial score (nSPS) is 23.0. The number of hydrogen-bond acceptors (Lipinski definition) is 7. The number of unbranched alkanes of at least 4 members (excludes halogenated alkanes) is 1. The summed E-state index contributed by atoms with van der Waals surface area (Å²) in [6, 6.07) is 14.8. The number of aliphatic hydroxyl groups excluding tert-OH is 1. The highest BCUT2D eigenvalue weighted by atomic mass is 28.4. The molecule has 2 aromatic carbocycles. The summed E-state index contributed by atoms with van der Waals surface area (Å²) in [5.41, 5.74) is 0.0386. The average molecular weight is 615 g/mol. The Hall–Kier alpha value is -3.28. The summed E-state index contributed by atoms with van der Waals surface area (Å²) < 4.78 is 33.1. The first kappa shape index (κ1) is 32.6. The van der Waals surface area contributed by atoms with Crippen molar-refractivity contribution >= 4 is 31.9 Å². The van der Waals surface area contributed by atoms with Gasteiger partial charge in [-0.05, 0) is 49.7 Å². The van der Waals surface area contributed by atoms with Crippen LogP contribution in [0.4, 0.5) is 9.80 Å². The van der Waals surface area contributed by atoms with Gasteiger partial charge in [0.1, 0.15) is 5.75 Å². The lowest BCUT2D eigenvalue weighted by atomic mass is 9.82. The van der Waals surface area contributed by atoms with Gasteiger partial charge in [0.25, 0.3) is 5.91 Å². The van der Waals surface area contributed by atoms with Gasteiger partial charge in [0.15, 0.2) is 5.60 Å². The molecule has 4 atom stereocenters. The largest absolute Gasteiger partial charge is 0.497 e. The molecule has 2 aliphatic heterocycles. The maximum atomic E-state index is 16.2. The SMILES string of the molecule is COC(=O)CCCCN1C(=O)[C@@]2(O[C@@H](CC(=O)N(CCO)Cc3ccccc3)[C@H]([Si](C)(C)F)[C@H]2C)c2cc(OC)ccc21. The second kappa shape index (κ2) is 13.6. The zero-order valence-corrected chi connectivity index (χ0v) is 26.7. The summed E-state index contributed by atoms with van der Waals surface area (Å²) in [6.07, 6.45) is 0.384. The number of halogens is 1. The number of amides is 2. The van der Waals surface area contributed by atoms with Crippen molar-refractivity contribution in [2.45, 2.75) is 69.5 Å². The van der Waals surface area contributed by atoms with Crippen LogP contribution in [0.15, 0.2) is 48.5 Å². The molecule has 0 unspecified atom stereocenters. The molecule has 0 saturated carbocycles. The molecule has 2 aromatic rings. The van der Waals surface area contributed by atoms with Gasteiger partial charge in [-0.1, -0.05) is 37.3 Å². The average Bonchev–Trinajstić information content (AvgIpc) is 3.41. The number of carbonyl (C=O) groups excluding carboxylic acids is 3. The molecule has 11 heteroatoms. The minimum absolute atomic E-state index is 0.115. The van der Waals surface area contributed by atoms with Gasteiger partial charge in [-0.25, -0.2) is 0 Å². The number of rotatable bonds is 13. The van der Waals surface area contributed by atoms with Gasteiger partial charge >= 0.3 is 5.97 Å². The first-order chi connectivity index (χ1) is 20.5. The van der Waals surface area contributed by atoms with Crippen molar-refractivity contribution in [3.05, 3.63) is 59.7 Å². The van der Waals surface area contributed by atoms with E-state index in [-0.39, 0.29) is 43.8 Å². The number of carbonyl (C=O) groups is 3. The van der Waals surface area contributed by atoms with Crippen LogP contribution in [0.5, 0.6) is 5.75 Å². The Bertz CT molecular complexity index is 1300. The van der Waals surface area contributed by atoms with Crippen LogP contribution in [0.1, 0.15) is 43.7 Å². The van der Waals surface area contributed by atoms with E-state index >= 15 is 4.11 Å². The first-order valence-corrected chi connectivity index (χ1v) is 17.8. The van der Waals surface area contributed by atoms with E-state index in [2.05, 4.69) is 0 Å². The highest BCUT2D eigenvalue weighted by molar-refractivity contribution is 6.72. The molecule has 43 heavy (non-hydrogen) atoms. The van der Waals surface area contributed by atoms with Gasteiger partial charge in [0, 0.05) is 43.1 Å². The summed E-state index contributed by atoms with van der Waals surface area (Å²) in [6.45, 7) is 5.60. The number of fused-ring (bicyclic) bond motifs is 2. The van der Waals surface area contributed by atoms with Crippen LogP contribution < -0.4 is 9.64 Å². The molecule has 1 spiro atoms. The van der Waals surface area contributed by atoms with E-state index in [4.69, 9.17) is 14.2 Å². The number of ether oxygens (including phenoxy) is 3. The molecule has 234 valence electrons. The van der Waals surface area contributed by atoms with Gasteiger partial charge in [0.05, 0.1) is 39.0 Å². The summed E-state index contributed by atoms with van der Waals surface area (Å²) >= 11 is 0. The molecule has 0 bridgehead atoms. The van der Waals surface area contributed by atoms with Crippen LogP contribution in [0.25, 0.3) is 0 Å². The summed E-state index contributed by atoms with van der Waals surface area (Å²) in [7, 11) is -0.595. The third kappa shape index (κ3) is 6.63. The van der Waals surface area contributed by atoms with E-state index in [1.165, 1.54) is 7.11 Å². The molecule has 0 aromatic heterocycles. The second-order valence-corrected chi connectivity index (χ2v) is 15.7. The minimum Gasteiger partial charge on any atom is -0.497 e. The molecular formula is C32H43FN2O7Si. The third-order valence-corrected chi connectivity index (χ3v) is 11.2. The zero-order chi connectivity index (χ0) is 31.4. The monoisotopic (exact) mass is 614 g/mol. The van der Waals surface area contributed by atoms with Gasteiger partial charge < -0.3 is 33.2 Å². The number of aliphatic hydroxyl groups is 1. The van der Waals surface area contributed by atoms with E-state index in [9.17, 15) is 19.5 Å². The van der Waals surface area contributed by atoms with Crippen LogP contribution in [-0.4, -0.2) is 76.2 Å². The maximum absolute atomic E-state index is 16.2. The van der Waals surface area contributed by atoms with E-state index in [1.807, 2.05) is 43.3 Å². The number of hydrogen-bond donors (Lipinski definition) is 1. The van der Waals surface area contributed by atoms with E-state index in [0.29, 0.717) is 42.9 Å². The summed E-state index contributed by atoms with van der Waals surface area (Å²) in [5, 5.41) is 9.70. The van der Waals surface area contributed by atoms with Crippen LogP contribution in [0.3, 0.4) is 0 Å². The standard InChI is InChI=1S/C32H43FN2O7Si/c1-22-30(43(4,5)33)27(20-28(37)34(17-18-36)21-23-11-7-6-8-12-23)42-32(22)25-19-24(40-2)14-15-26(25)35(31(32)39)16-10-9-13-29(38)41-3/h6-8,11-12,14-15,19,22,27,30,36H,9-10,13,16-18,20-21H2,1-5H3/t22-,27+,30-,32+/m1/s1. The maximum Gasteiger partial charge on any atom is 0.305 e. The molecule has 9 nitrogen and oxygen atoms in total. The van der Waals surface area contributed by atoms with Crippen molar-refractivity contribution in [3.63, 3.8) is 0 Å². The van der Waals surface area contributed by atoms with Crippen LogP contribution in [0, 0.1) is 5.92 Å². The Morgan fingerprint density at radius 2 is 1.86 bits per heavy atom. The fraction of sp³-hybridized carbons (Fsp3) is 0.531. The Morgan fingerprint density at radius 3 is 2.49 bits per heavy atom. The Balaban J connectivity index is 1.66. The van der Waals surface area contributed by atoms with Gasteiger partial charge in [-0.2, -0.15) is 0 Å². The van der Waals surface area contributed by atoms with Crippen molar-refractivity contribution in [3.8, 4) is 5.75 Å². The predicted molar refractivity (Wildman–Crippen MR) is 163 cm³/mol. The van der Waals surface area contributed by atoms with E-state index in [0.717, 1.165) is 5.56 Å². The fourth-order valence-electron chi connectivity index (χ4n) is 6.73. The number of anilines is 1. The molecule has 4 rings (SSSR count). The molecule has 2 aliphatic rings. The quantitative estimate of drug-likeness (QED) is 0.153. The third-order valence-electron chi connectivity index (χ3n) is 8.72. The van der Waals surface area contributed by atoms with E-state index < -0.39 is 31.6 Å². The van der Waals surface area contributed by atoms with Crippen molar-refractivity contribution < 1.29 is 37.8 Å². The van der Waals surface area contributed by atoms with Crippen LogP contribution in [-0.2, 0) is 36.0 Å². The highest BCUT2D eigenvalue weighted by Gasteiger charge is 2.67. The highest BCUT2D eigenvalue weighted by Crippen LogP contribution is 2.60. The Kier molecular flexibility index (Phi) is 10.3. The number of esters is 1. The van der Waals surface area contributed by atoms with E-state index in [1.54, 1.807) is 42.1 Å². The van der Waals surface area contributed by atoms with Crippen molar-refractivity contribution in [2.24, 2.45) is 5.92 Å². The number of benzene rings is 2. The van der Waals surface area contributed by atoms with Gasteiger partial charge in [-0.3, -0.25) is 14.4 Å². The summed E-state index contributed by atoms with van der Waals surface area (Å²) in [5.74, 6) is -0.896. The van der Waals surface area contributed by atoms with Crippen molar-refractivity contribution in [1.82, 2.24) is 4.90 Å². The van der Waals surface area contributed by atoms with Crippen LogP contribution in [0.2, 0.25) is 18.6 Å². The van der Waals surface area contributed by atoms with Crippen LogP contribution >= 0.6 is 0 Å². The molecule has 2 amide bonds. The molecule has 2 heterocycles. The number of methoxy groups -OCH3 is 2. The lowest BCUT2D eigenvalue weighted by molar-refractivity contribution is -0.150. The smallest absolute Gasteiger partial charge is 0.305 e. The fourth-order valence-corrected chi connectivity index (χ4v) is 9.23. The van der Waals surface area contributed by atoms with Crippen molar-refractivity contribution in [2.75, 3.05) is 38.8 Å². The molecular weight excluding hydrogens is 571 g/mol. The molecule has 0 aliphatic carbocycles.